The number of carboxylic acids is 1. The number of halogens is 1. The number of carbonyl (C=O) groups is 1. The van der Waals surface area contributed by atoms with Crippen molar-refractivity contribution in [1.82, 2.24) is 10.6 Å². The molecule has 1 unspecified atom stereocenters. The Labute approximate surface area is 120 Å². The molecule has 1 heterocycles. The Morgan fingerprint density at radius 2 is 2.45 bits per heavy atom. The van der Waals surface area contributed by atoms with Gasteiger partial charge < -0.3 is 15.7 Å². The quantitative estimate of drug-likeness (QED) is 0.718. The van der Waals surface area contributed by atoms with E-state index >= 15 is 0 Å². The van der Waals surface area contributed by atoms with Crippen molar-refractivity contribution in [3.05, 3.63) is 35.1 Å². The number of aliphatic imine (C=N–C) groups is 1. The van der Waals surface area contributed by atoms with Gasteiger partial charge >= 0.3 is 5.97 Å². The average Bonchev–Trinajstić information content (AvgIpc) is 2.87. The lowest BCUT2D eigenvalue weighted by atomic mass is 10.1. The van der Waals surface area contributed by atoms with Gasteiger partial charge in [0.2, 0.25) is 0 Å². The monoisotopic (exact) mass is 297 g/mol. The highest BCUT2D eigenvalue weighted by atomic mass is 32.2. The Kier molecular flexibility index (Phi) is 4.97. The molecule has 0 aromatic heterocycles. The van der Waals surface area contributed by atoms with Gasteiger partial charge in [-0.1, -0.05) is 17.8 Å². The number of nitrogens with zero attached hydrogens (tertiary/aromatic N) is 1. The van der Waals surface area contributed by atoms with Crippen molar-refractivity contribution in [2.45, 2.75) is 6.04 Å². The van der Waals surface area contributed by atoms with E-state index in [0.29, 0.717) is 17.9 Å². The second kappa shape index (κ2) is 6.71. The minimum atomic E-state index is -1.13. The van der Waals surface area contributed by atoms with Crippen LogP contribution in [0.3, 0.4) is 0 Å². The SMILES string of the molecule is CNCCN=C1NC(c2ccc(C(=O)O)cc2F)CS1. The molecule has 1 aliphatic heterocycles. The first-order chi connectivity index (χ1) is 9.61. The van der Waals surface area contributed by atoms with E-state index in [-0.39, 0.29) is 11.6 Å². The van der Waals surface area contributed by atoms with Crippen molar-refractivity contribution in [2.24, 2.45) is 4.99 Å². The minimum absolute atomic E-state index is 0.0418. The summed E-state index contributed by atoms with van der Waals surface area (Å²) in [4.78, 5) is 15.1. The Hall–Kier alpha value is -1.60. The summed E-state index contributed by atoms with van der Waals surface area (Å²) in [5, 5.41) is 15.8. The number of hydrogen-bond acceptors (Lipinski definition) is 4. The normalized spacial score (nSPS) is 20.1. The Morgan fingerprint density at radius 1 is 1.65 bits per heavy atom. The lowest BCUT2D eigenvalue weighted by molar-refractivity contribution is 0.0696. The van der Waals surface area contributed by atoms with Gasteiger partial charge in [-0.2, -0.15) is 0 Å². The van der Waals surface area contributed by atoms with Gasteiger partial charge in [0.05, 0.1) is 18.2 Å². The van der Waals surface area contributed by atoms with Crippen molar-refractivity contribution in [3.8, 4) is 0 Å². The van der Waals surface area contributed by atoms with E-state index in [9.17, 15) is 9.18 Å². The van der Waals surface area contributed by atoms with Crippen LogP contribution in [0, 0.1) is 5.82 Å². The summed E-state index contributed by atoms with van der Waals surface area (Å²) in [5.74, 6) is -0.945. The molecule has 2 rings (SSSR count). The first-order valence-electron chi connectivity index (χ1n) is 6.23. The van der Waals surface area contributed by atoms with Crippen molar-refractivity contribution < 1.29 is 14.3 Å². The van der Waals surface area contributed by atoms with Gasteiger partial charge in [-0.3, -0.25) is 4.99 Å². The predicted molar refractivity (Wildman–Crippen MR) is 77.9 cm³/mol. The van der Waals surface area contributed by atoms with Crippen LogP contribution in [0.25, 0.3) is 0 Å². The largest absolute Gasteiger partial charge is 0.478 e. The molecule has 7 heteroatoms. The number of benzene rings is 1. The molecule has 108 valence electrons. The molecule has 0 radical (unpaired) electrons. The summed E-state index contributed by atoms with van der Waals surface area (Å²) in [5.41, 5.74) is 0.432. The molecule has 1 aromatic rings. The highest BCUT2D eigenvalue weighted by molar-refractivity contribution is 8.14. The number of likely N-dealkylation sites (N-methyl/N-ethyl adjacent to an activating group) is 1. The molecule has 1 aliphatic rings. The molecule has 20 heavy (non-hydrogen) atoms. The maximum atomic E-state index is 13.9. The van der Waals surface area contributed by atoms with Crippen molar-refractivity contribution in [2.75, 3.05) is 25.9 Å². The van der Waals surface area contributed by atoms with E-state index in [0.717, 1.165) is 17.8 Å². The molecule has 0 amide bonds. The van der Waals surface area contributed by atoms with Gasteiger partial charge in [-0.05, 0) is 19.2 Å². The van der Waals surface area contributed by atoms with Crippen LogP contribution in [-0.2, 0) is 0 Å². The van der Waals surface area contributed by atoms with E-state index in [1.807, 2.05) is 7.05 Å². The zero-order chi connectivity index (χ0) is 14.5. The number of amidine groups is 1. The van der Waals surface area contributed by atoms with E-state index in [1.165, 1.54) is 12.1 Å². The number of thioether (sulfide) groups is 1. The van der Waals surface area contributed by atoms with Crippen LogP contribution in [0.4, 0.5) is 4.39 Å². The fraction of sp³-hybridized carbons (Fsp3) is 0.385. The summed E-state index contributed by atoms with van der Waals surface area (Å²) in [6, 6.07) is 3.83. The summed E-state index contributed by atoms with van der Waals surface area (Å²) >= 11 is 1.54. The zero-order valence-corrected chi connectivity index (χ0v) is 11.8. The fourth-order valence-electron chi connectivity index (χ4n) is 1.87. The second-order valence-electron chi connectivity index (χ2n) is 4.34. The molecule has 0 spiro atoms. The summed E-state index contributed by atoms with van der Waals surface area (Å²) in [6.45, 7) is 1.46. The van der Waals surface area contributed by atoms with Crippen LogP contribution in [0.2, 0.25) is 0 Å². The Morgan fingerprint density at radius 3 is 3.10 bits per heavy atom. The third-order valence-electron chi connectivity index (χ3n) is 2.92. The maximum Gasteiger partial charge on any atom is 0.335 e. The van der Waals surface area contributed by atoms with Crippen LogP contribution in [-0.4, -0.2) is 42.1 Å². The minimum Gasteiger partial charge on any atom is -0.478 e. The maximum absolute atomic E-state index is 13.9. The van der Waals surface area contributed by atoms with Gasteiger partial charge in [0.15, 0.2) is 5.17 Å². The van der Waals surface area contributed by atoms with Crippen LogP contribution in [0.1, 0.15) is 22.0 Å². The van der Waals surface area contributed by atoms with Crippen LogP contribution >= 0.6 is 11.8 Å². The van der Waals surface area contributed by atoms with E-state index in [2.05, 4.69) is 15.6 Å². The van der Waals surface area contributed by atoms with Gasteiger partial charge in [-0.15, -0.1) is 0 Å². The first kappa shape index (κ1) is 14.8. The molecule has 5 nitrogen and oxygen atoms in total. The summed E-state index contributed by atoms with van der Waals surface area (Å²) < 4.78 is 13.9. The lowest BCUT2D eigenvalue weighted by Crippen LogP contribution is -2.21. The van der Waals surface area contributed by atoms with Crippen molar-refractivity contribution in [1.29, 1.82) is 0 Å². The molecule has 3 N–H and O–H groups in total. The third kappa shape index (κ3) is 3.49. The second-order valence-corrected chi connectivity index (χ2v) is 5.35. The molecule has 1 saturated heterocycles. The van der Waals surface area contributed by atoms with E-state index in [4.69, 9.17) is 5.11 Å². The molecular weight excluding hydrogens is 281 g/mol. The number of aromatic carboxylic acids is 1. The predicted octanol–water partition coefficient (Wildman–Crippen LogP) is 1.48. The fourth-order valence-corrected chi connectivity index (χ4v) is 2.86. The standard InChI is InChI=1S/C13H16FN3O2S/c1-15-4-5-16-13-17-11(7-20-13)9-3-2-8(12(18)19)6-10(9)14/h2-3,6,11,15H,4-5,7H2,1H3,(H,16,17)(H,18,19). The van der Waals surface area contributed by atoms with Crippen LogP contribution < -0.4 is 10.6 Å². The van der Waals surface area contributed by atoms with Gasteiger partial charge in [0, 0.05) is 17.9 Å². The van der Waals surface area contributed by atoms with E-state index < -0.39 is 11.8 Å². The van der Waals surface area contributed by atoms with Gasteiger partial charge in [0.1, 0.15) is 5.82 Å². The molecule has 1 aromatic carbocycles. The highest BCUT2D eigenvalue weighted by Gasteiger charge is 2.24. The smallest absolute Gasteiger partial charge is 0.335 e. The number of nitrogens with one attached hydrogen (secondary N) is 2. The molecule has 0 aliphatic carbocycles. The highest BCUT2D eigenvalue weighted by Crippen LogP contribution is 2.28. The van der Waals surface area contributed by atoms with Gasteiger partial charge in [-0.25, -0.2) is 9.18 Å². The lowest BCUT2D eigenvalue weighted by Gasteiger charge is -2.11. The zero-order valence-electron chi connectivity index (χ0n) is 11.0. The van der Waals surface area contributed by atoms with E-state index in [1.54, 1.807) is 11.8 Å². The Bertz CT molecular complexity index is 536. The molecule has 1 fully saturated rings. The molecule has 1 atom stereocenters. The number of hydrogen-bond donors (Lipinski definition) is 3. The molecular formula is C13H16FN3O2S. The summed E-state index contributed by atoms with van der Waals surface area (Å²) in [7, 11) is 1.86. The van der Waals surface area contributed by atoms with Gasteiger partial charge in [0.25, 0.3) is 0 Å². The van der Waals surface area contributed by atoms with Crippen molar-refractivity contribution in [3.63, 3.8) is 0 Å². The first-order valence-corrected chi connectivity index (χ1v) is 7.21. The Balaban J connectivity index is 2.06. The number of rotatable bonds is 5. The van der Waals surface area contributed by atoms with Crippen molar-refractivity contribution >= 4 is 22.9 Å². The average molecular weight is 297 g/mol. The van der Waals surface area contributed by atoms with Crippen LogP contribution in [0.15, 0.2) is 23.2 Å². The topological polar surface area (TPSA) is 73.7 Å². The molecule has 0 bridgehead atoms. The third-order valence-corrected chi connectivity index (χ3v) is 3.94. The molecule has 0 saturated carbocycles. The van der Waals surface area contributed by atoms with Crippen LogP contribution in [0.5, 0.6) is 0 Å². The number of carboxylic acid groups (broad SMARTS) is 1. The summed E-state index contributed by atoms with van der Waals surface area (Å²) in [6.07, 6.45) is 0.